The smallest absolute Gasteiger partial charge is 0.323 e. The van der Waals surface area contributed by atoms with Gasteiger partial charge < -0.3 is 21.1 Å². The van der Waals surface area contributed by atoms with Crippen molar-refractivity contribution in [1.82, 2.24) is 20.3 Å². The van der Waals surface area contributed by atoms with E-state index in [1.54, 1.807) is 0 Å². The Morgan fingerprint density at radius 2 is 2.10 bits per heavy atom. The predicted octanol–water partition coefficient (Wildman–Crippen LogP) is 0.427. The van der Waals surface area contributed by atoms with Crippen LogP contribution in [-0.4, -0.2) is 40.6 Å². The third-order valence-corrected chi connectivity index (χ3v) is 2.18. The summed E-state index contributed by atoms with van der Waals surface area (Å²) in [5.74, 6) is 0.550. The lowest BCUT2D eigenvalue weighted by Gasteiger charge is -2.09. The number of hydrogen-bond acceptors (Lipinski definition) is 7. The molecule has 1 aromatic heterocycles. The first-order valence-corrected chi connectivity index (χ1v) is 6.66. The minimum Gasteiger partial charge on any atom is -0.463 e. The van der Waals surface area contributed by atoms with Gasteiger partial charge in [-0.2, -0.15) is 15.0 Å². The number of aromatic nitrogens is 3. The largest absolute Gasteiger partial charge is 0.463 e. The Kier molecular flexibility index (Phi) is 6.48. The van der Waals surface area contributed by atoms with Crippen LogP contribution in [0.3, 0.4) is 0 Å². The van der Waals surface area contributed by atoms with E-state index in [1.807, 2.05) is 20.8 Å². The highest BCUT2D eigenvalue weighted by Gasteiger charge is 2.07. The number of amides is 1. The molecule has 0 saturated heterocycles. The van der Waals surface area contributed by atoms with Crippen molar-refractivity contribution in [2.45, 2.75) is 27.2 Å². The van der Waals surface area contributed by atoms with Crippen molar-refractivity contribution in [3.63, 3.8) is 0 Å². The molecule has 0 unspecified atom stereocenters. The Labute approximate surface area is 118 Å². The topological polar surface area (TPSA) is 115 Å². The van der Waals surface area contributed by atoms with Gasteiger partial charge in [-0.05, 0) is 12.3 Å². The molecule has 0 radical (unpaired) electrons. The van der Waals surface area contributed by atoms with Gasteiger partial charge in [-0.15, -0.1) is 0 Å². The summed E-state index contributed by atoms with van der Waals surface area (Å²) < 4.78 is 5.28. The molecule has 20 heavy (non-hydrogen) atoms. The molecular weight excluding hydrogens is 260 g/mol. The van der Waals surface area contributed by atoms with Crippen LogP contribution in [0.2, 0.25) is 0 Å². The van der Waals surface area contributed by atoms with Crippen molar-refractivity contribution in [1.29, 1.82) is 0 Å². The summed E-state index contributed by atoms with van der Waals surface area (Å²) in [5, 5.41) is 5.57. The molecular formula is C12H22N6O2. The van der Waals surface area contributed by atoms with Crippen LogP contribution < -0.4 is 21.1 Å². The van der Waals surface area contributed by atoms with Crippen molar-refractivity contribution in [2.75, 3.05) is 30.7 Å². The number of rotatable bonds is 8. The second-order valence-electron chi connectivity index (χ2n) is 4.70. The minimum absolute atomic E-state index is 0.0520. The van der Waals surface area contributed by atoms with Gasteiger partial charge >= 0.3 is 6.01 Å². The van der Waals surface area contributed by atoms with Crippen LogP contribution in [-0.2, 0) is 4.79 Å². The monoisotopic (exact) mass is 282 g/mol. The molecule has 0 atom stereocenters. The molecule has 1 aromatic rings. The molecule has 1 rings (SSSR count). The molecule has 0 fully saturated rings. The van der Waals surface area contributed by atoms with Crippen molar-refractivity contribution in [3.05, 3.63) is 0 Å². The van der Waals surface area contributed by atoms with Gasteiger partial charge in [0.15, 0.2) is 0 Å². The Hall–Kier alpha value is -2.12. The number of ether oxygens (including phenoxy) is 1. The predicted molar refractivity (Wildman–Crippen MR) is 76.4 cm³/mol. The van der Waals surface area contributed by atoms with E-state index < -0.39 is 0 Å². The molecule has 0 bridgehead atoms. The number of nitrogens with zero attached hydrogens (tertiary/aromatic N) is 3. The highest BCUT2D eigenvalue weighted by molar-refractivity contribution is 5.80. The molecule has 0 aliphatic rings. The van der Waals surface area contributed by atoms with Gasteiger partial charge in [0, 0.05) is 6.54 Å². The number of carbonyl (C=O) groups is 1. The minimum atomic E-state index is -0.131. The van der Waals surface area contributed by atoms with Crippen LogP contribution in [0.25, 0.3) is 0 Å². The van der Waals surface area contributed by atoms with Crippen LogP contribution in [0.4, 0.5) is 11.9 Å². The lowest BCUT2D eigenvalue weighted by molar-refractivity contribution is -0.119. The van der Waals surface area contributed by atoms with Gasteiger partial charge in [0.05, 0.1) is 13.2 Å². The zero-order valence-corrected chi connectivity index (χ0v) is 12.1. The lowest BCUT2D eigenvalue weighted by Crippen LogP contribution is -2.32. The Morgan fingerprint density at radius 1 is 1.35 bits per heavy atom. The van der Waals surface area contributed by atoms with E-state index in [0.717, 1.165) is 6.42 Å². The second-order valence-corrected chi connectivity index (χ2v) is 4.70. The first-order chi connectivity index (χ1) is 9.51. The van der Waals surface area contributed by atoms with Crippen LogP contribution >= 0.6 is 0 Å². The number of nitrogens with one attached hydrogen (secondary N) is 2. The zero-order chi connectivity index (χ0) is 15.0. The number of anilines is 2. The molecule has 4 N–H and O–H groups in total. The molecule has 0 aromatic carbocycles. The van der Waals surface area contributed by atoms with Gasteiger partial charge in [-0.3, -0.25) is 4.79 Å². The van der Waals surface area contributed by atoms with Crippen LogP contribution in [0, 0.1) is 5.92 Å². The van der Waals surface area contributed by atoms with Crippen LogP contribution in [0.5, 0.6) is 6.01 Å². The van der Waals surface area contributed by atoms with Crippen molar-refractivity contribution < 1.29 is 9.53 Å². The van der Waals surface area contributed by atoms with Gasteiger partial charge in [0.25, 0.3) is 0 Å². The summed E-state index contributed by atoms with van der Waals surface area (Å²) in [6, 6.07) is 0.157. The summed E-state index contributed by atoms with van der Waals surface area (Å²) >= 11 is 0. The lowest BCUT2D eigenvalue weighted by atomic mass is 10.2. The third-order valence-electron chi connectivity index (χ3n) is 2.18. The Morgan fingerprint density at radius 3 is 2.75 bits per heavy atom. The molecule has 0 saturated carbocycles. The van der Waals surface area contributed by atoms with Crippen molar-refractivity contribution in [2.24, 2.45) is 5.92 Å². The molecule has 8 heteroatoms. The summed E-state index contributed by atoms with van der Waals surface area (Å²) in [6.45, 7) is 7.23. The van der Waals surface area contributed by atoms with E-state index >= 15 is 0 Å². The van der Waals surface area contributed by atoms with Crippen molar-refractivity contribution in [3.8, 4) is 6.01 Å². The molecule has 1 heterocycles. The molecule has 0 aliphatic heterocycles. The number of carbonyl (C=O) groups excluding carboxylic acids is 1. The fraction of sp³-hybridized carbons (Fsp3) is 0.667. The average Bonchev–Trinajstić information content (AvgIpc) is 2.40. The van der Waals surface area contributed by atoms with Crippen LogP contribution in [0.1, 0.15) is 27.2 Å². The fourth-order valence-electron chi connectivity index (χ4n) is 1.25. The molecule has 8 nitrogen and oxygen atoms in total. The van der Waals surface area contributed by atoms with Gasteiger partial charge in [-0.25, -0.2) is 0 Å². The van der Waals surface area contributed by atoms with E-state index in [0.29, 0.717) is 19.1 Å². The zero-order valence-electron chi connectivity index (χ0n) is 12.1. The van der Waals surface area contributed by atoms with E-state index in [1.165, 1.54) is 0 Å². The van der Waals surface area contributed by atoms with E-state index in [2.05, 4.69) is 25.6 Å². The Balaban J connectivity index is 2.50. The quantitative estimate of drug-likeness (QED) is 0.633. The second kappa shape index (κ2) is 8.13. The summed E-state index contributed by atoms with van der Waals surface area (Å²) in [4.78, 5) is 23.3. The van der Waals surface area contributed by atoms with Gasteiger partial charge in [-0.1, -0.05) is 20.8 Å². The summed E-state index contributed by atoms with van der Waals surface area (Å²) in [5.41, 5.74) is 5.55. The number of nitrogen functional groups attached to an aromatic ring is 1. The fourth-order valence-corrected chi connectivity index (χ4v) is 1.25. The number of nitrogens with two attached hydrogens (primary N) is 1. The van der Waals surface area contributed by atoms with E-state index in [4.69, 9.17) is 10.5 Å². The maximum Gasteiger partial charge on any atom is 0.323 e. The van der Waals surface area contributed by atoms with Crippen LogP contribution in [0.15, 0.2) is 0 Å². The third kappa shape index (κ3) is 6.17. The van der Waals surface area contributed by atoms with E-state index in [-0.39, 0.29) is 30.4 Å². The summed E-state index contributed by atoms with van der Waals surface area (Å²) in [6.07, 6.45) is 0.839. The first-order valence-electron chi connectivity index (χ1n) is 6.66. The summed E-state index contributed by atoms with van der Waals surface area (Å²) in [7, 11) is 0. The molecule has 1 amide bonds. The molecule has 0 spiro atoms. The van der Waals surface area contributed by atoms with Crippen molar-refractivity contribution >= 4 is 17.8 Å². The van der Waals surface area contributed by atoms with Gasteiger partial charge in [0.1, 0.15) is 0 Å². The normalized spacial score (nSPS) is 10.4. The maximum atomic E-state index is 11.6. The number of hydrogen-bond donors (Lipinski definition) is 3. The highest BCUT2D eigenvalue weighted by atomic mass is 16.5. The molecule has 0 aliphatic carbocycles. The average molecular weight is 282 g/mol. The standard InChI is InChI=1S/C12H22N6O2/c1-4-5-20-12-17-10(13)16-11(18-12)15-7-9(19)14-6-8(2)3/h8H,4-7H2,1-3H3,(H,14,19)(H3,13,15,16,17,18). The molecule has 112 valence electrons. The Bertz CT molecular complexity index is 438. The maximum absolute atomic E-state index is 11.6. The van der Waals surface area contributed by atoms with Gasteiger partial charge in [0.2, 0.25) is 17.8 Å². The first kappa shape index (κ1) is 15.9. The SMILES string of the molecule is CCCOc1nc(N)nc(NCC(=O)NCC(C)C)n1. The van der Waals surface area contributed by atoms with E-state index in [9.17, 15) is 4.79 Å². The highest BCUT2D eigenvalue weighted by Crippen LogP contribution is 2.08.